The van der Waals surface area contributed by atoms with Gasteiger partial charge in [0.15, 0.2) is 0 Å². The first-order valence-electron chi connectivity index (χ1n) is 9.44. The lowest BCUT2D eigenvalue weighted by Crippen LogP contribution is -2.35. The number of hydrogen-bond donors (Lipinski definition) is 1. The van der Waals surface area contributed by atoms with E-state index in [2.05, 4.69) is 25.2 Å². The molecule has 1 atom stereocenters. The van der Waals surface area contributed by atoms with Gasteiger partial charge in [0, 0.05) is 11.6 Å². The number of unbranched alkanes of at least 4 members (excludes halogenated alkanes) is 7. The minimum absolute atomic E-state index is 0.152. The van der Waals surface area contributed by atoms with Crippen LogP contribution in [-0.2, 0) is 4.79 Å². The highest BCUT2D eigenvalue weighted by molar-refractivity contribution is 5.94. The zero-order valence-corrected chi connectivity index (χ0v) is 14.7. The van der Waals surface area contributed by atoms with Crippen molar-refractivity contribution < 1.29 is 4.79 Å². The summed E-state index contributed by atoms with van der Waals surface area (Å²) in [5, 5.41) is 3.28. The van der Waals surface area contributed by atoms with Gasteiger partial charge in [-0.15, -0.1) is 0 Å². The van der Waals surface area contributed by atoms with E-state index in [1.54, 1.807) is 0 Å². The third-order valence-electron chi connectivity index (χ3n) is 4.46. The summed E-state index contributed by atoms with van der Waals surface area (Å²) in [6.07, 6.45) is 20.7. The second kappa shape index (κ2) is 12.5. The first kappa shape index (κ1) is 19.0. The van der Waals surface area contributed by atoms with Gasteiger partial charge in [-0.1, -0.05) is 89.9 Å². The number of nitrogens with one attached hydrogen (secondary N) is 1. The van der Waals surface area contributed by atoms with Crippen molar-refractivity contribution in [3.05, 3.63) is 23.8 Å². The molecule has 1 rings (SSSR count). The van der Waals surface area contributed by atoms with Crippen LogP contribution in [0.25, 0.3) is 0 Å². The zero-order valence-electron chi connectivity index (χ0n) is 14.7. The minimum Gasteiger partial charge on any atom is -0.350 e. The molecule has 0 aromatic heterocycles. The first-order chi connectivity index (χ1) is 10.8. The average Bonchev–Trinajstić information content (AvgIpc) is 3.05. The summed E-state index contributed by atoms with van der Waals surface area (Å²) in [7, 11) is 0. The van der Waals surface area contributed by atoms with E-state index < -0.39 is 0 Å². The molecule has 0 aromatic carbocycles. The third kappa shape index (κ3) is 8.41. The van der Waals surface area contributed by atoms with E-state index in [-0.39, 0.29) is 5.91 Å². The predicted octanol–water partition coefficient (Wildman–Crippen LogP) is 5.69. The Labute approximate surface area is 137 Å². The van der Waals surface area contributed by atoms with Crippen molar-refractivity contribution in [1.29, 1.82) is 0 Å². The van der Waals surface area contributed by atoms with Crippen molar-refractivity contribution in [2.75, 3.05) is 0 Å². The van der Waals surface area contributed by atoms with Crippen LogP contribution in [0.15, 0.2) is 23.8 Å². The highest BCUT2D eigenvalue weighted by atomic mass is 16.1. The Balaban J connectivity index is 2.30. The number of carbonyl (C=O) groups excluding carboxylic acids is 1. The van der Waals surface area contributed by atoms with E-state index in [0.29, 0.717) is 6.04 Å². The maximum absolute atomic E-state index is 12.3. The van der Waals surface area contributed by atoms with Gasteiger partial charge >= 0.3 is 0 Å². The molecule has 0 aliphatic heterocycles. The van der Waals surface area contributed by atoms with Crippen LogP contribution < -0.4 is 5.32 Å². The van der Waals surface area contributed by atoms with Crippen molar-refractivity contribution in [3.8, 4) is 0 Å². The van der Waals surface area contributed by atoms with Crippen LogP contribution in [-0.4, -0.2) is 11.9 Å². The fraction of sp³-hybridized carbons (Fsp3) is 0.750. The van der Waals surface area contributed by atoms with Crippen LogP contribution in [0.3, 0.4) is 0 Å². The molecule has 0 saturated carbocycles. The lowest BCUT2D eigenvalue weighted by molar-refractivity contribution is -0.118. The molecule has 1 aliphatic carbocycles. The Kier molecular flexibility index (Phi) is 10.8. The monoisotopic (exact) mass is 305 g/mol. The Morgan fingerprint density at radius 3 is 2.14 bits per heavy atom. The highest BCUT2D eigenvalue weighted by Crippen LogP contribution is 2.15. The fourth-order valence-corrected chi connectivity index (χ4v) is 2.99. The molecule has 0 saturated heterocycles. The summed E-state index contributed by atoms with van der Waals surface area (Å²) < 4.78 is 0. The smallest absolute Gasteiger partial charge is 0.247 e. The normalized spacial score (nSPS) is 14.9. The van der Waals surface area contributed by atoms with Gasteiger partial charge in [0.25, 0.3) is 0 Å². The Morgan fingerprint density at radius 2 is 1.59 bits per heavy atom. The Morgan fingerprint density at radius 1 is 1.00 bits per heavy atom. The van der Waals surface area contributed by atoms with E-state index >= 15 is 0 Å². The van der Waals surface area contributed by atoms with Crippen LogP contribution in [0.2, 0.25) is 0 Å². The van der Waals surface area contributed by atoms with Crippen LogP contribution in [0.5, 0.6) is 0 Å². The Bertz CT molecular complexity index is 357. The van der Waals surface area contributed by atoms with Crippen molar-refractivity contribution in [2.24, 2.45) is 0 Å². The Hall–Kier alpha value is -1.05. The number of rotatable bonds is 13. The van der Waals surface area contributed by atoms with Gasteiger partial charge < -0.3 is 5.32 Å². The zero-order chi connectivity index (χ0) is 16.0. The molecular weight excluding hydrogens is 270 g/mol. The van der Waals surface area contributed by atoms with Crippen molar-refractivity contribution in [3.63, 3.8) is 0 Å². The fourth-order valence-electron chi connectivity index (χ4n) is 2.99. The molecular formula is C20H35NO. The molecule has 2 nitrogen and oxygen atoms in total. The van der Waals surface area contributed by atoms with Crippen LogP contribution in [0.4, 0.5) is 0 Å². The van der Waals surface area contributed by atoms with Gasteiger partial charge in [-0.2, -0.15) is 0 Å². The molecule has 1 unspecified atom stereocenters. The molecule has 126 valence electrons. The molecule has 0 radical (unpaired) electrons. The summed E-state index contributed by atoms with van der Waals surface area (Å²) in [4.78, 5) is 12.3. The van der Waals surface area contributed by atoms with E-state index in [9.17, 15) is 4.79 Å². The van der Waals surface area contributed by atoms with Crippen LogP contribution in [0.1, 0.15) is 90.9 Å². The second-order valence-corrected chi connectivity index (χ2v) is 6.55. The first-order valence-corrected chi connectivity index (χ1v) is 9.44. The minimum atomic E-state index is 0.152. The summed E-state index contributed by atoms with van der Waals surface area (Å²) in [6.45, 7) is 4.49. The number of hydrogen-bond acceptors (Lipinski definition) is 1. The molecule has 0 aromatic rings. The van der Waals surface area contributed by atoms with Gasteiger partial charge in [-0.3, -0.25) is 4.79 Å². The van der Waals surface area contributed by atoms with Crippen molar-refractivity contribution in [2.45, 2.75) is 96.9 Å². The molecule has 0 fully saturated rings. The van der Waals surface area contributed by atoms with Gasteiger partial charge in [0.1, 0.15) is 0 Å². The maximum atomic E-state index is 12.3. The summed E-state index contributed by atoms with van der Waals surface area (Å²) in [6, 6.07) is 0.368. The van der Waals surface area contributed by atoms with Gasteiger partial charge in [-0.25, -0.2) is 0 Å². The lowest BCUT2D eigenvalue weighted by atomic mass is 10.00. The molecule has 22 heavy (non-hydrogen) atoms. The second-order valence-electron chi connectivity index (χ2n) is 6.55. The van der Waals surface area contributed by atoms with Gasteiger partial charge in [0.2, 0.25) is 5.91 Å². The molecule has 0 heterocycles. The summed E-state index contributed by atoms with van der Waals surface area (Å²) in [5.74, 6) is 0.152. The lowest BCUT2D eigenvalue weighted by Gasteiger charge is -2.19. The molecule has 1 aliphatic rings. The average molecular weight is 306 g/mol. The van der Waals surface area contributed by atoms with E-state index in [1.165, 1.54) is 57.8 Å². The van der Waals surface area contributed by atoms with E-state index in [4.69, 9.17) is 0 Å². The molecule has 0 spiro atoms. The van der Waals surface area contributed by atoms with Crippen molar-refractivity contribution >= 4 is 5.91 Å². The predicted molar refractivity (Wildman–Crippen MR) is 95.9 cm³/mol. The molecule has 1 N–H and O–H groups in total. The van der Waals surface area contributed by atoms with Gasteiger partial charge in [0.05, 0.1) is 0 Å². The van der Waals surface area contributed by atoms with E-state index in [1.807, 2.05) is 12.2 Å². The molecule has 0 bridgehead atoms. The van der Waals surface area contributed by atoms with Crippen LogP contribution in [0, 0.1) is 0 Å². The van der Waals surface area contributed by atoms with Gasteiger partial charge in [-0.05, 0) is 19.3 Å². The summed E-state index contributed by atoms with van der Waals surface area (Å²) >= 11 is 0. The topological polar surface area (TPSA) is 29.1 Å². The standard InChI is InChI=1S/C20H35NO/c1-3-5-7-9-11-17-19(16-10-8-6-4-2)21-20(22)18-14-12-13-15-18/h12-14,19H,3-11,15-17H2,1-2H3,(H,21,22). The quantitative estimate of drug-likeness (QED) is 0.435. The summed E-state index contributed by atoms with van der Waals surface area (Å²) in [5.41, 5.74) is 0.921. The van der Waals surface area contributed by atoms with Crippen LogP contribution >= 0.6 is 0 Å². The van der Waals surface area contributed by atoms with E-state index in [0.717, 1.165) is 24.8 Å². The third-order valence-corrected chi connectivity index (χ3v) is 4.46. The largest absolute Gasteiger partial charge is 0.350 e. The maximum Gasteiger partial charge on any atom is 0.247 e. The molecule has 2 heteroatoms. The number of allylic oxidation sites excluding steroid dienone is 3. The molecule has 1 amide bonds. The SMILES string of the molecule is CCCCCCCC(CCCCCC)NC(=O)C1=CC=CC1. The van der Waals surface area contributed by atoms with Crippen molar-refractivity contribution in [1.82, 2.24) is 5.32 Å². The highest BCUT2D eigenvalue weighted by Gasteiger charge is 2.15. The number of amides is 1. The number of carbonyl (C=O) groups is 1.